The van der Waals surface area contributed by atoms with Crippen LogP contribution in [0.25, 0.3) is 0 Å². The van der Waals surface area contributed by atoms with Crippen LogP contribution in [0.2, 0.25) is 0 Å². The largest absolute Gasteiger partial charge is 0.480 e. The van der Waals surface area contributed by atoms with Gasteiger partial charge in [-0.25, -0.2) is 4.98 Å². The number of carboxylic acids is 1. The number of carboxylic acid groups (broad SMARTS) is 1. The maximum atomic E-state index is 10.9. The summed E-state index contributed by atoms with van der Waals surface area (Å²) in [6.07, 6.45) is 7.42. The van der Waals surface area contributed by atoms with Crippen molar-refractivity contribution in [1.29, 1.82) is 0 Å². The Bertz CT molecular complexity index is 453. The summed E-state index contributed by atoms with van der Waals surface area (Å²) in [4.78, 5) is 23.8. The van der Waals surface area contributed by atoms with E-state index < -0.39 is 5.97 Å². The lowest BCUT2D eigenvalue weighted by Crippen LogP contribution is -2.46. The van der Waals surface area contributed by atoms with E-state index in [9.17, 15) is 4.79 Å². The van der Waals surface area contributed by atoms with Crippen LogP contribution in [0.15, 0.2) is 18.6 Å². The van der Waals surface area contributed by atoms with Crippen LogP contribution in [0.1, 0.15) is 12.8 Å². The van der Waals surface area contributed by atoms with E-state index in [0.29, 0.717) is 12.0 Å². The molecule has 1 N–H and O–H groups in total. The zero-order valence-corrected chi connectivity index (χ0v) is 10.8. The molecular formula is C13H18N4O2. The fourth-order valence-electron chi connectivity index (χ4n) is 3.19. The van der Waals surface area contributed by atoms with E-state index in [-0.39, 0.29) is 6.54 Å². The molecule has 0 amide bonds. The first-order valence-electron chi connectivity index (χ1n) is 6.69. The summed E-state index contributed by atoms with van der Waals surface area (Å²) >= 11 is 0. The SMILES string of the molecule is O=C(O)CN1C[C@@H]2CC[C@H]1CN(c1cnccn1)C2. The summed E-state index contributed by atoms with van der Waals surface area (Å²) in [7, 11) is 0. The molecule has 3 aliphatic rings. The van der Waals surface area contributed by atoms with Gasteiger partial charge in [0, 0.05) is 38.1 Å². The minimum absolute atomic E-state index is 0.148. The molecule has 3 aliphatic heterocycles. The summed E-state index contributed by atoms with van der Waals surface area (Å²) in [6, 6.07) is 0.317. The highest BCUT2D eigenvalue weighted by atomic mass is 16.4. The minimum atomic E-state index is -0.737. The van der Waals surface area contributed by atoms with Crippen LogP contribution in [0, 0.1) is 5.92 Å². The molecule has 1 aromatic heterocycles. The van der Waals surface area contributed by atoms with Crippen LogP contribution in [-0.2, 0) is 4.79 Å². The molecule has 0 spiro atoms. The van der Waals surface area contributed by atoms with E-state index in [1.807, 2.05) is 0 Å². The van der Waals surface area contributed by atoms with Gasteiger partial charge < -0.3 is 10.0 Å². The van der Waals surface area contributed by atoms with Crippen molar-refractivity contribution in [2.75, 3.05) is 31.1 Å². The first-order chi connectivity index (χ1) is 9.22. The van der Waals surface area contributed by atoms with Gasteiger partial charge in [0.1, 0.15) is 5.82 Å². The second-order valence-corrected chi connectivity index (χ2v) is 5.39. The standard InChI is InChI=1S/C13H18N4O2/c18-13(19)9-16-6-10-1-2-11(16)8-17(7-10)12-5-14-3-4-15-12/h3-5,10-11H,1-2,6-9H2,(H,18,19)/t10-,11-/m0/s1. The molecule has 0 aliphatic carbocycles. The zero-order chi connectivity index (χ0) is 13.2. The quantitative estimate of drug-likeness (QED) is 0.853. The van der Waals surface area contributed by atoms with Crippen LogP contribution in [0.5, 0.6) is 0 Å². The van der Waals surface area contributed by atoms with Crippen molar-refractivity contribution in [3.05, 3.63) is 18.6 Å². The normalized spacial score (nSPS) is 27.3. The number of hydrogen-bond acceptors (Lipinski definition) is 5. The van der Waals surface area contributed by atoms with E-state index in [1.165, 1.54) is 6.42 Å². The van der Waals surface area contributed by atoms with Gasteiger partial charge in [-0.05, 0) is 18.8 Å². The Morgan fingerprint density at radius 3 is 2.95 bits per heavy atom. The number of hydrogen-bond donors (Lipinski definition) is 1. The topological polar surface area (TPSA) is 69.6 Å². The number of nitrogens with zero attached hydrogens (tertiary/aromatic N) is 4. The molecule has 4 rings (SSSR count). The molecule has 2 bridgehead atoms. The number of anilines is 1. The summed E-state index contributed by atoms with van der Waals surface area (Å²) in [5.74, 6) is 0.690. The predicted molar refractivity (Wildman–Crippen MR) is 70.0 cm³/mol. The van der Waals surface area contributed by atoms with Gasteiger partial charge in [0.05, 0.1) is 12.7 Å². The second-order valence-electron chi connectivity index (χ2n) is 5.39. The molecule has 3 saturated heterocycles. The number of aromatic nitrogens is 2. The van der Waals surface area contributed by atoms with Gasteiger partial charge in [0.15, 0.2) is 0 Å². The molecular weight excluding hydrogens is 244 g/mol. The van der Waals surface area contributed by atoms with E-state index in [0.717, 1.165) is 31.9 Å². The number of piperidine rings is 1. The van der Waals surface area contributed by atoms with Crippen molar-refractivity contribution in [1.82, 2.24) is 14.9 Å². The third kappa shape index (κ3) is 2.68. The molecule has 1 aromatic rings. The van der Waals surface area contributed by atoms with E-state index >= 15 is 0 Å². The van der Waals surface area contributed by atoms with Gasteiger partial charge in [-0.2, -0.15) is 0 Å². The lowest BCUT2D eigenvalue weighted by Gasteiger charge is -2.34. The van der Waals surface area contributed by atoms with Crippen LogP contribution in [0.4, 0.5) is 5.82 Å². The Morgan fingerprint density at radius 1 is 1.32 bits per heavy atom. The summed E-state index contributed by atoms with van der Waals surface area (Å²) < 4.78 is 0. The van der Waals surface area contributed by atoms with E-state index in [4.69, 9.17) is 5.11 Å². The molecule has 0 aromatic carbocycles. The molecule has 6 nitrogen and oxygen atoms in total. The van der Waals surface area contributed by atoms with E-state index in [1.54, 1.807) is 18.6 Å². The van der Waals surface area contributed by atoms with Gasteiger partial charge in [0.2, 0.25) is 0 Å². The fourth-order valence-corrected chi connectivity index (χ4v) is 3.19. The summed E-state index contributed by atoms with van der Waals surface area (Å²) in [6.45, 7) is 2.83. The van der Waals surface area contributed by atoms with Crippen molar-refractivity contribution in [3.8, 4) is 0 Å². The van der Waals surface area contributed by atoms with E-state index in [2.05, 4.69) is 19.8 Å². The smallest absolute Gasteiger partial charge is 0.317 e. The molecule has 19 heavy (non-hydrogen) atoms. The highest BCUT2D eigenvalue weighted by Crippen LogP contribution is 2.29. The molecule has 6 heteroatoms. The molecule has 0 saturated carbocycles. The first kappa shape index (κ1) is 12.3. The minimum Gasteiger partial charge on any atom is -0.480 e. The predicted octanol–water partition coefficient (Wildman–Crippen LogP) is 0.462. The van der Waals surface area contributed by atoms with Gasteiger partial charge in [-0.1, -0.05) is 0 Å². The Labute approximate surface area is 112 Å². The zero-order valence-electron chi connectivity index (χ0n) is 10.8. The van der Waals surface area contributed by atoms with Gasteiger partial charge >= 0.3 is 5.97 Å². The van der Waals surface area contributed by atoms with Crippen LogP contribution in [0.3, 0.4) is 0 Å². The molecule has 102 valence electrons. The van der Waals surface area contributed by atoms with Crippen molar-refractivity contribution in [2.24, 2.45) is 5.92 Å². The second kappa shape index (κ2) is 5.13. The molecule has 4 heterocycles. The molecule has 3 fully saturated rings. The Morgan fingerprint density at radius 2 is 2.21 bits per heavy atom. The number of fused-ring (bicyclic) bond motifs is 4. The Hall–Kier alpha value is -1.69. The maximum Gasteiger partial charge on any atom is 0.317 e. The van der Waals surface area contributed by atoms with Gasteiger partial charge in [0.25, 0.3) is 0 Å². The number of rotatable bonds is 3. The van der Waals surface area contributed by atoms with Crippen molar-refractivity contribution < 1.29 is 9.90 Å². The Balaban J connectivity index is 1.77. The third-order valence-corrected chi connectivity index (χ3v) is 4.04. The van der Waals surface area contributed by atoms with Crippen molar-refractivity contribution in [2.45, 2.75) is 18.9 Å². The van der Waals surface area contributed by atoms with Crippen LogP contribution >= 0.6 is 0 Å². The fraction of sp³-hybridized carbons (Fsp3) is 0.615. The van der Waals surface area contributed by atoms with Crippen molar-refractivity contribution >= 4 is 11.8 Å². The number of carbonyl (C=O) groups is 1. The average Bonchev–Trinajstić information content (AvgIpc) is 2.70. The summed E-state index contributed by atoms with van der Waals surface area (Å²) in [5, 5.41) is 8.99. The molecule has 0 unspecified atom stereocenters. The Kier molecular flexibility index (Phi) is 3.33. The third-order valence-electron chi connectivity index (χ3n) is 4.04. The summed E-state index contributed by atoms with van der Waals surface area (Å²) in [5.41, 5.74) is 0. The highest BCUT2D eigenvalue weighted by molar-refractivity contribution is 5.69. The monoisotopic (exact) mass is 262 g/mol. The molecule has 0 radical (unpaired) electrons. The average molecular weight is 262 g/mol. The lowest BCUT2D eigenvalue weighted by molar-refractivity contribution is -0.139. The highest BCUT2D eigenvalue weighted by Gasteiger charge is 2.35. The van der Waals surface area contributed by atoms with Gasteiger partial charge in [-0.3, -0.25) is 14.7 Å². The molecule has 2 atom stereocenters. The van der Waals surface area contributed by atoms with Gasteiger partial charge in [-0.15, -0.1) is 0 Å². The van der Waals surface area contributed by atoms with Crippen molar-refractivity contribution in [3.63, 3.8) is 0 Å². The van der Waals surface area contributed by atoms with Crippen LogP contribution in [-0.4, -0.2) is 58.2 Å². The number of aliphatic carboxylic acids is 1. The lowest BCUT2D eigenvalue weighted by atomic mass is 9.95. The van der Waals surface area contributed by atoms with Crippen LogP contribution < -0.4 is 4.90 Å². The maximum absolute atomic E-state index is 10.9. The first-order valence-corrected chi connectivity index (χ1v) is 6.69.